The molecule has 1 aromatic carbocycles. The molecule has 0 amide bonds. The number of rotatable bonds is 6. The molecule has 1 rings (SSSR count). The zero-order valence-corrected chi connectivity index (χ0v) is 16.3. The summed E-state index contributed by atoms with van der Waals surface area (Å²) < 4.78 is 28.9. The summed E-state index contributed by atoms with van der Waals surface area (Å²) in [4.78, 5) is 0.217. The van der Waals surface area contributed by atoms with Crippen molar-refractivity contribution in [2.75, 3.05) is 5.88 Å². The maximum atomic E-state index is 12.4. The lowest BCUT2D eigenvalue weighted by Crippen LogP contribution is -2.37. The molecule has 20 heavy (non-hydrogen) atoms. The van der Waals surface area contributed by atoms with Gasteiger partial charge in [-0.2, -0.15) is 0 Å². The largest absolute Gasteiger partial charge is 0.242 e. The number of benzene rings is 1. The molecule has 0 aromatic heterocycles. The molecule has 0 fully saturated rings. The van der Waals surface area contributed by atoms with E-state index in [-0.39, 0.29) is 16.8 Å². The van der Waals surface area contributed by atoms with Crippen molar-refractivity contribution in [3.05, 3.63) is 26.6 Å². The highest BCUT2D eigenvalue weighted by atomic mass is 79.9. The van der Waals surface area contributed by atoms with Crippen LogP contribution < -0.4 is 4.72 Å². The van der Waals surface area contributed by atoms with Crippen molar-refractivity contribution in [2.45, 2.75) is 38.1 Å². The Bertz CT molecular complexity index is 576. The molecule has 0 spiro atoms. The number of halogens is 3. The van der Waals surface area contributed by atoms with E-state index in [2.05, 4.69) is 36.6 Å². The van der Waals surface area contributed by atoms with E-state index in [1.54, 1.807) is 12.1 Å². The lowest BCUT2D eigenvalue weighted by Gasteiger charge is -2.19. The van der Waals surface area contributed by atoms with E-state index in [4.69, 9.17) is 11.6 Å². The molecule has 0 aliphatic rings. The summed E-state index contributed by atoms with van der Waals surface area (Å²) in [5.41, 5.74) is 0.965. The molecular weight excluding hydrogens is 429 g/mol. The summed E-state index contributed by atoms with van der Waals surface area (Å²) in [5.74, 6) is 0.622. The van der Waals surface area contributed by atoms with Crippen LogP contribution in [0.15, 0.2) is 26.0 Å². The first kappa shape index (κ1) is 18.4. The molecule has 1 atom stereocenters. The summed E-state index contributed by atoms with van der Waals surface area (Å²) in [6.45, 7) is 5.97. The summed E-state index contributed by atoms with van der Waals surface area (Å²) in [7, 11) is -3.60. The number of hydrogen-bond donors (Lipinski definition) is 1. The second-order valence-electron chi connectivity index (χ2n) is 5.13. The van der Waals surface area contributed by atoms with E-state index < -0.39 is 10.0 Å². The molecule has 0 saturated carbocycles. The average Bonchev–Trinajstić information content (AvgIpc) is 2.31. The van der Waals surface area contributed by atoms with Gasteiger partial charge in [0.25, 0.3) is 0 Å². The molecule has 0 heterocycles. The summed E-state index contributed by atoms with van der Waals surface area (Å²) in [5, 5.41) is 0. The highest BCUT2D eigenvalue weighted by molar-refractivity contribution is 9.11. The van der Waals surface area contributed by atoms with Crippen LogP contribution in [0.2, 0.25) is 0 Å². The highest BCUT2D eigenvalue weighted by Gasteiger charge is 2.23. The van der Waals surface area contributed by atoms with Crippen LogP contribution in [0.25, 0.3) is 0 Å². The zero-order valence-electron chi connectivity index (χ0n) is 11.6. The molecule has 1 aromatic rings. The van der Waals surface area contributed by atoms with Crippen molar-refractivity contribution < 1.29 is 8.42 Å². The fourth-order valence-corrected chi connectivity index (χ4v) is 5.05. The normalized spacial score (nSPS) is 13.8. The Balaban J connectivity index is 3.08. The standard InChI is InChI=1S/C13H18Br2ClNO2S/c1-8(2)4-10(7-16)17-20(18,19)13-6-11(14)9(3)5-12(13)15/h5-6,8,10,17H,4,7H2,1-3H3. The predicted octanol–water partition coefficient (Wildman–Crippen LogP) is 4.45. The maximum absolute atomic E-state index is 12.4. The summed E-state index contributed by atoms with van der Waals surface area (Å²) >= 11 is 12.5. The van der Waals surface area contributed by atoms with E-state index in [0.717, 1.165) is 10.0 Å². The third kappa shape index (κ3) is 4.98. The molecular formula is C13H18Br2ClNO2S. The monoisotopic (exact) mass is 445 g/mol. The minimum absolute atomic E-state index is 0.217. The van der Waals surface area contributed by atoms with Crippen LogP contribution in [-0.2, 0) is 10.0 Å². The van der Waals surface area contributed by atoms with Gasteiger partial charge in [-0.05, 0) is 52.9 Å². The fraction of sp³-hybridized carbons (Fsp3) is 0.538. The van der Waals surface area contributed by atoms with Gasteiger partial charge in [0.05, 0.1) is 4.90 Å². The summed E-state index contributed by atoms with van der Waals surface area (Å²) in [6.07, 6.45) is 0.702. The Hall–Kier alpha value is 0.380. The molecule has 0 aliphatic heterocycles. The average molecular weight is 448 g/mol. The quantitative estimate of drug-likeness (QED) is 0.655. The van der Waals surface area contributed by atoms with Crippen LogP contribution in [-0.4, -0.2) is 20.3 Å². The molecule has 3 nitrogen and oxygen atoms in total. The number of alkyl halides is 1. The van der Waals surface area contributed by atoms with Crippen LogP contribution in [0, 0.1) is 12.8 Å². The topological polar surface area (TPSA) is 46.2 Å². The molecule has 0 bridgehead atoms. The van der Waals surface area contributed by atoms with Crippen molar-refractivity contribution >= 4 is 53.5 Å². The third-order valence-electron chi connectivity index (χ3n) is 2.77. The molecule has 0 saturated heterocycles. The third-order valence-corrected chi connectivity index (χ3v) is 6.47. The van der Waals surface area contributed by atoms with Crippen molar-refractivity contribution in [3.8, 4) is 0 Å². The first-order valence-corrected chi connectivity index (χ1v) is 9.81. The van der Waals surface area contributed by atoms with Gasteiger partial charge in [-0.1, -0.05) is 29.8 Å². The van der Waals surface area contributed by atoms with E-state index >= 15 is 0 Å². The van der Waals surface area contributed by atoms with Crippen molar-refractivity contribution in [3.63, 3.8) is 0 Å². The second kappa shape index (κ2) is 7.58. The number of aryl methyl sites for hydroxylation is 1. The van der Waals surface area contributed by atoms with E-state index in [0.29, 0.717) is 16.8 Å². The lowest BCUT2D eigenvalue weighted by atomic mass is 10.1. The van der Waals surface area contributed by atoms with E-state index in [1.807, 2.05) is 20.8 Å². The van der Waals surface area contributed by atoms with Gasteiger partial charge >= 0.3 is 0 Å². The Morgan fingerprint density at radius 3 is 2.35 bits per heavy atom. The van der Waals surface area contributed by atoms with Crippen LogP contribution in [0.1, 0.15) is 25.8 Å². The number of nitrogens with one attached hydrogen (secondary N) is 1. The van der Waals surface area contributed by atoms with Gasteiger partial charge in [0, 0.05) is 20.9 Å². The van der Waals surface area contributed by atoms with Gasteiger partial charge < -0.3 is 0 Å². The molecule has 114 valence electrons. The van der Waals surface area contributed by atoms with Crippen LogP contribution in [0.4, 0.5) is 0 Å². The molecule has 1 N–H and O–H groups in total. The van der Waals surface area contributed by atoms with Gasteiger partial charge in [0.2, 0.25) is 10.0 Å². The van der Waals surface area contributed by atoms with Crippen LogP contribution in [0.5, 0.6) is 0 Å². The Labute approximate surface area is 142 Å². The van der Waals surface area contributed by atoms with Gasteiger partial charge in [0.1, 0.15) is 0 Å². The van der Waals surface area contributed by atoms with E-state index in [9.17, 15) is 8.42 Å². The minimum Gasteiger partial charge on any atom is -0.207 e. The van der Waals surface area contributed by atoms with Gasteiger partial charge in [-0.3, -0.25) is 0 Å². The van der Waals surface area contributed by atoms with Crippen LogP contribution >= 0.6 is 43.5 Å². The zero-order chi connectivity index (χ0) is 15.5. The van der Waals surface area contributed by atoms with Gasteiger partial charge in [-0.25, -0.2) is 13.1 Å². The molecule has 0 aliphatic carbocycles. The smallest absolute Gasteiger partial charge is 0.207 e. The highest BCUT2D eigenvalue weighted by Crippen LogP contribution is 2.29. The van der Waals surface area contributed by atoms with Crippen LogP contribution in [0.3, 0.4) is 0 Å². The SMILES string of the molecule is Cc1cc(Br)c(S(=O)(=O)NC(CCl)CC(C)C)cc1Br. The molecule has 7 heteroatoms. The van der Waals surface area contributed by atoms with Gasteiger partial charge in [0.15, 0.2) is 0 Å². The predicted molar refractivity (Wildman–Crippen MR) is 90.9 cm³/mol. The fourth-order valence-electron chi connectivity index (χ4n) is 1.83. The molecule has 0 radical (unpaired) electrons. The van der Waals surface area contributed by atoms with Crippen molar-refractivity contribution in [1.82, 2.24) is 4.72 Å². The number of hydrogen-bond acceptors (Lipinski definition) is 2. The number of sulfonamides is 1. The Morgan fingerprint density at radius 1 is 1.25 bits per heavy atom. The van der Waals surface area contributed by atoms with Crippen molar-refractivity contribution in [1.29, 1.82) is 0 Å². The first-order valence-electron chi connectivity index (χ1n) is 6.21. The Kier molecular flexibility index (Phi) is 6.99. The summed E-state index contributed by atoms with van der Waals surface area (Å²) in [6, 6.07) is 3.10. The maximum Gasteiger partial charge on any atom is 0.242 e. The lowest BCUT2D eigenvalue weighted by molar-refractivity contribution is 0.485. The van der Waals surface area contributed by atoms with Gasteiger partial charge in [-0.15, -0.1) is 11.6 Å². The van der Waals surface area contributed by atoms with Crippen molar-refractivity contribution in [2.24, 2.45) is 5.92 Å². The Morgan fingerprint density at radius 2 is 1.85 bits per heavy atom. The molecule has 1 unspecified atom stereocenters. The first-order chi connectivity index (χ1) is 9.17. The van der Waals surface area contributed by atoms with E-state index in [1.165, 1.54) is 0 Å². The minimum atomic E-state index is -3.60. The second-order valence-corrected chi connectivity index (χ2v) is 8.83.